The van der Waals surface area contributed by atoms with E-state index >= 15 is 0 Å². The normalized spacial score (nSPS) is 10.8. The maximum Gasteiger partial charge on any atom is 0.230 e. The van der Waals surface area contributed by atoms with Crippen molar-refractivity contribution in [1.82, 2.24) is 15.0 Å². The van der Waals surface area contributed by atoms with E-state index < -0.39 is 0 Å². The van der Waals surface area contributed by atoms with E-state index in [0.29, 0.717) is 17.2 Å². The van der Waals surface area contributed by atoms with Crippen molar-refractivity contribution in [3.05, 3.63) is 36.9 Å². The molecule has 0 fully saturated rings. The molecule has 0 spiro atoms. The van der Waals surface area contributed by atoms with Crippen LogP contribution in [0.15, 0.2) is 41.3 Å². The van der Waals surface area contributed by atoms with E-state index in [1.165, 1.54) is 6.33 Å². The summed E-state index contributed by atoms with van der Waals surface area (Å²) in [6, 6.07) is 5.34. The van der Waals surface area contributed by atoms with Crippen molar-refractivity contribution in [2.24, 2.45) is 0 Å². The molecule has 0 bridgehead atoms. The highest BCUT2D eigenvalue weighted by Crippen LogP contribution is 2.24. The first-order chi connectivity index (χ1) is 7.83. The Kier molecular flexibility index (Phi) is 1.83. The van der Waals surface area contributed by atoms with E-state index in [9.17, 15) is 0 Å². The minimum absolute atomic E-state index is 0.501. The van der Waals surface area contributed by atoms with Gasteiger partial charge in [-0.3, -0.25) is 0 Å². The molecule has 0 aliphatic rings. The van der Waals surface area contributed by atoms with E-state index in [1.807, 2.05) is 0 Å². The molecule has 0 aliphatic carbocycles. The van der Waals surface area contributed by atoms with Crippen molar-refractivity contribution in [2.75, 3.05) is 5.73 Å². The number of fused-ring (bicyclic) bond motifs is 1. The van der Waals surface area contributed by atoms with E-state index in [-0.39, 0.29) is 0 Å². The molecule has 0 amide bonds. The van der Waals surface area contributed by atoms with Gasteiger partial charge < -0.3 is 10.2 Å². The van der Waals surface area contributed by atoms with E-state index in [4.69, 9.17) is 10.2 Å². The maximum atomic E-state index is 5.67. The number of benzene rings is 1. The molecule has 78 valence electrons. The summed E-state index contributed by atoms with van der Waals surface area (Å²) in [5, 5.41) is 0. The monoisotopic (exact) mass is 212 g/mol. The number of nitrogens with zero attached hydrogens (tertiary/aromatic N) is 3. The molecule has 0 saturated carbocycles. The molecule has 5 nitrogen and oxygen atoms in total. The van der Waals surface area contributed by atoms with Gasteiger partial charge in [0.1, 0.15) is 11.8 Å². The third kappa shape index (κ3) is 1.38. The topological polar surface area (TPSA) is 77.8 Å². The predicted molar refractivity (Wildman–Crippen MR) is 59.4 cm³/mol. The molecule has 3 rings (SSSR count). The van der Waals surface area contributed by atoms with Crippen molar-refractivity contribution < 1.29 is 4.42 Å². The molecule has 2 N–H and O–H groups in total. The molecule has 5 heteroatoms. The fourth-order valence-electron chi connectivity index (χ4n) is 1.48. The Morgan fingerprint density at radius 2 is 1.94 bits per heavy atom. The molecule has 0 atom stereocenters. The molecule has 0 radical (unpaired) electrons. The highest BCUT2D eigenvalue weighted by atomic mass is 16.3. The Hall–Kier alpha value is -2.43. The average molecular weight is 212 g/mol. The summed E-state index contributed by atoms with van der Waals surface area (Å²) < 4.78 is 5.56. The second-order valence-electron chi connectivity index (χ2n) is 3.37. The Morgan fingerprint density at radius 3 is 2.75 bits per heavy atom. The standard InChI is InChI=1S/C11H8N4O/c12-8-1-2-10-9(3-8)15-11(16-10)7-4-13-6-14-5-7/h1-6H,12H2. The van der Waals surface area contributed by atoms with Crippen molar-refractivity contribution in [3.63, 3.8) is 0 Å². The van der Waals surface area contributed by atoms with Gasteiger partial charge in [0, 0.05) is 18.1 Å². The zero-order chi connectivity index (χ0) is 11.0. The van der Waals surface area contributed by atoms with Crippen LogP contribution in [0.3, 0.4) is 0 Å². The Morgan fingerprint density at radius 1 is 1.12 bits per heavy atom. The second kappa shape index (κ2) is 3.30. The van der Waals surface area contributed by atoms with E-state index in [0.717, 1.165) is 11.1 Å². The van der Waals surface area contributed by atoms with Crippen LogP contribution in [-0.2, 0) is 0 Å². The molecule has 1 aromatic carbocycles. The van der Waals surface area contributed by atoms with Crippen molar-refractivity contribution >= 4 is 16.8 Å². The van der Waals surface area contributed by atoms with Crippen molar-refractivity contribution in [1.29, 1.82) is 0 Å². The first-order valence-electron chi connectivity index (χ1n) is 4.74. The SMILES string of the molecule is Nc1ccc2oc(-c3cncnc3)nc2c1. The number of anilines is 1. The van der Waals surface area contributed by atoms with Crippen LogP contribution in [0.25, 0.3) is 22.6 Å². The lowest BCUT2D eigenvalue weighted by atomic mass is 10.3. The summed E-state index contributed by atoms with van der Waals surface area (Å²) in [5.41, 5.74) is 8.51. The largest absolute Gasteiger partial charge is 0.436 e. The summed E-state index contributed by atoms with van der Waals surface area (Å²) in [7, 11) is 0. The van der Waals surface area contributed by atoms with Crippen molar-refractivity contribution in [2.45, 2.75) is 0 Å². The molecular weight excluding hydrogens is 204 g/mol. The number of hydrogen-bond acceptors (Lipinski definition) is 5. The fraction of sp³-hybridized carbons (Fsp3) is 0. The van der Waals surface area contributed by atoms with Gasteiger partial charge in [0.25, 0.3) is 0 Å². The third-order valence-electron chi connectivity index (χ3n) is 2.22. The second-order valence-corrected chi connectivity index (χ2v) is 3.37. The van der Waals surface area contributed by atoms with E-state index in [2.05, 4.69) is 15.0 Å². The van der Waals surface area contributed by atoms with Gasteiger partial charge >= 0.3 is 0 Å². The molecule has 2 heterocycles. The molecule has 2 aromatic heterocycles. The third-order valence-corrected chi connectivity index (χ3v) is 2.22. The Bertz CT molecular complexity index is 633. The van der Waals surface area contributed by atoms with Crippen LogP contribution < -0.4 is 5.73 Å². The van der Waals surface area contributed by atoms with Gasteiger partial charge in [-0.05, 0) is 18.2 Å². The summed E-state index contributed by atoms with van der Waals surface area (Å²) >= 11 is 0. The summed E-state index contributed by atoms with van der Waals surface area (Å²) in [6.07, 6.45) is 4.77. The Labute approximate surface area is 91.0 Å². The molecule has 16 heavy (non-hydrogen) atoms. The average Bonchev–Trinajstić information content (AvgIpc) is 2.73. The van der Waals surface area contributed by atoms with Crippen LogP contribution in [-0.4, -0.2) is 15.0 Å². The quantitative estimate of drug-likeness (QED) is 0.623. The van der Waals surface area contributed by atoms with Crippen LogP contribution in [0.5, 0.6) is 0 Å². The zero-order valence-corrected chi connectivity index (χ0v) is 8.29. The zero-order valence-electron chi connectivity index (χ0n) is 8.29. The maximum absolute atomic E-state index is 5.67. The fourth-order valence-corrected chi connectivity index (χ4v) is 1.48. The number of nitrogens with two attached hydrogens (primary N) is 1. The highest BCUT2D eigenvalue weighted by molar-refractivity contribution is 5.79. The summed E-state index contributed by atoms with van der Waals surface area (Å²) in [5.74, 6) is 0.501. The lowest BCUT2D eigenvalue weighted by Gasteiger charge is -1.90. The van der Waals surface area contributed by atoms with Crippen LogP contribution >= 0.6 is 0 Å². The Balaban J connectivity index is 2.19. The highest BCUT2D eigenvalue weighted by Gasteiger charge is 2.08. The van der Waals surface area contributed by atoms with Crippen LogP contribution in [0.1, 0.15) is 0 Å². The first kappa shape index (κ1) is 8.84. The van der Waals surface area contributed by atoms with Crippen LogP contribution in [0.2, 0.25) is 0 Å². The van der Waals surface area contributed by atoms with Gasteiger partial charge in [-0.1, -0.05) is 0 Å². The van der Waals surface area contributed by atoms with Crippen molar-refractivity contribution in [3.8, 4) is 11.5 Å². The molecule has 0 saturated heterocycles. The molecule has 0 aliphatic heterocycles. The number of oxazole rings is 1. The lowest BCUT2D eigenvalue weighted by molar-refractivity contribution is 0.619. The lowest BCUT2D eigenvalue weighted by Crippen LogP contribution is -1.82. The molecular formula is C11H8N4O. The van der Waals surface area contributed by atoms with Gasteiger partial charge in [-0.15, -0.1) is 0 Å². The minimum Gasteiger partial charge on any atom is -0.436 e. The van der Waals surface area contributed by atoms with Crippen LogP contribution in [0, 0.1) is 0 Å². The first-order valence-corrected chi connectivity index (χ1v) is 4.74. The molecule has 3 aromatic rings. The number of nitrogen functional groups attached to an aromatic ring is 1. The number of rotatable bonds is 1. The molecule has 0 unspecified atom stereocenters. The smallest absolute Gasteiger partial charge is 0.230 e. The van der Waals surface area contributed by atoms with Gasteiger partial charge in [0.15, 0.2) is 5.58 Å². The number of hydrogen-bond donors (Lipinski definition) is 1. The number of aromatic nitrogens is 3. The van der Waals surface area contributed by atoms with Gasteiger partial charge in [0.05, 0.1) is 5.56 Å². The van der Waals surface area contributed by atoms with E-state index in [1.54, 1.807) is 30.6 Å². The summed E-state index contributed by atoms with van der Waals surface area (Å²) in [4.78, 5) is 12.1. The van der Waals surface area contributed by atoms with Gasteiger partial charge in [0.2, 0.25) is 5.89 Å². The van der Waals surface area contributed by atoms with Crippen LogP contribution in [0.4, 0.5) is 5.69 Å². The summed E-state index contributed by atoms with van der Waals surface area (Å²) in [6.45, 7) is 0. The predicted octanol–water partition coefficient (Wildman–Crippen LogP) is 1.87. The van der Waals surface area contributed by atoms with Gasteiger partial charge in [-0.2, -0.15) is 0 Å². The van der Waals surface area contributed by atoms with Gasteiger partial charge in [-0.25, -0.2) is 15.0 Å². The minimum atomic E-state index is 0.501.